The third-order valence-electron chi connectivity index (χ3n) is 10.1. The topological polar surface area (TPSA) is 68.0 Å². The molecule has 0 aliphatic carbocycles. The second-order valence-corrected chi connectivity index (χ2v) is 13.7. The summed E-state index contributed by atoms with van der Waals surface area (Å²) in [7, 11) is 0. The molecular formula is C46H48IrN3O2-. The first-order valence-corrected chi connectivity index (χ1v) is 18.4. The Hall–Kier alpha value is -4.64. The Labute approximate surface area is 321 Å². The Morgan fingerprint density at radius 2 is 1.38 bits per heavy atom. The van der Waals surface area contributed by atoms with Gasteiger partial charge in [-0.1, -0.05) is 113 Å². The van der Waals surface area contributed by atoms with E-state index in [9.17, 15) is 9.90 Å². The molecule has 0 saturated carbocycles. The van der Waals surface area contributed by atoms with Crippen molar-refractivity contribution in [2.24, 2.45) is 11.8 Å². The minimum absolute atomic E-state index is 0. The van der Waals surface area contributed by atoms with E-state index >= 15 is 0 Å². The molecule has 5 nitrogen and oxygen atoms in total. The summed E-state index contributed by atoms with van der Waals surface area (Å²) in [5.41, 5.74) is 5.34. The number of fused-ring (bicyclic) bond motifs is 5. The second kappa shape index (κ2) is 17.3. The summed E-state index contributed by atoms with van der Waals surface area (Å²) in [5, 5.41) is 16.7. The Morgan fingerprint density at radius 1 is 0.769 bits per heavy atom. The van der Waals surface area contributed by atoms with Crippen LogP contribution in [0.4, 0.5) is 0 Å². The van der Waals surface area contributed by atoms with Crippen LogP contribution in [-0.2, 0) is 24.9 Å². The average Bonchev–Trinajstić information content (AvgIpc) is 3.47. The zero-order chi connectivity index (χ0) is 36.1. The van der Waals surface area contributed by atoms with Gasteiger partial charge in [-0.2, -0.15) is 0 Å². The first kappa shape index (κ1) is 38.6. The molecule has 1 N–H and O–H groups in total. The molecule has 0 aliphatic heterocycles. The quantitative estimate of drug-likeness (QED) is 0.0845. The molecule has 0 unspecified atom stereocenters. The standard InChI is InChI=1S/C33H24N3.C13H24O2.Ir/c1-21(2)28-18-25(16-24-12-8-9-15-27(24)28)32-34-20-30-29-17-22-10-6-7-11-23(22)19-31(29)36(33(30)35-32)26-13-4-3-5-14-26;1-5-10(6-2)12(14)9-13(15)11(7-3)8-4;/h3-15,17-21H,1-2H3;9-11,14H,5-8H2,1-4H3;/q-1;;/b;12-9-;. The molecule has 7 rings (SSSR count). The van der Waals surface area contributed by atoms with Crippen molar-refractivity contribution < 1.29 is 30.0 Å². The van der Waals surface area contributed by atoms with Gasteiger partial charge in [-0.25, -0.2) is 4.98 Å². The van der Waals surface area contributed by atoms with Crippen molar-refractivity contribution in [3.05, 3.63) is 127 Å². The summed E-state index contributed by atoms with van der Waals surface area (Å²) >= 11 is 0. The Morgan fingerprint density at radius 3 is 2.04 bits per heavy atom. The predicted molar refractivity (Wildman–Crippen MR) is 214 cm³/mol. The van der Waals surface area contributed by atoms with Crippen molar-refractivity contribution >= 4 is 49.3 Å². The zero-order valence-corrected chi connectivity index (χ0v) is 33.4. The van der Waals surface area contributed by atoms with E-state index in [-0.39, 0.29) is 43.5 Å². The molecule has 1 radical (unpaired) electrons. The van der Waals surface area contributed by atoms with Gasteiger partial charge in [0.1, 0.15) is 5.65 Å². The Balaban J connectivity index is 0.000000280. The molecule has 5 aromatic carbocycles. The molecule has 269 valence electrons. The number of aliphatic hydroxyl groups is 1. The third kappa shape index (κ3) is 7.89. The SMILES string of the molecule is CC(C)c1cc(-c2ncc3c4cc5ccccc5cc4n(-c4ccccc4)c3n2)[c-]c2ccccc12.CCC(CC)C(=O)/C=C(\O)C(CC)CC.[Ir]. The number of allylic oxidation sites excluding steroid dienone is 2. The summed E-state index contributed by atoms with van der Waals surface area (Å²) < 4.78 is 2.26. The van der Waals surface area contributed by atoms with Crippen molar-refractivity contribution in [3.63, 3.8) is 0 Å². The largest absolute Gasteiger partial charge is 0.512 e. The Kier molecular flexibility index (Phi) is 12.8. The molecule has 2 heterocycles. The van der Waals surface area contributed by atoms with E-state index in [1.165, 1.54) is 27.8 Å². The van der Waals surface area contributed by atoms with Crippen molar-refractivity contribution in [2.45, 2.75) is 73.1 Å². The number of benzene rings is 5. The van der Waals surface area contributed by atoms with E-state index < -0.39 is 0 Å². The summed E-state index contributed by atoms with van der Waals surface area (Å²) in [6, 6.07) is 37.7. The first-order chi connectivity index (χ1) is 24.8. The molecule has 0 bridgehead atoms. The number of carbonyl (C=O) groups is 1. The molecule has 0 amide bonds. The molecule has 0 atom stereocenters. The third-order valence-corrected chi connectivity index (χ3v) is 10.1. The number of aromatic nitrogens is 3. The van der Waals surface area contributed by atoms with Crippen LogP contribution in [0.3, 0.4) is 0 Å². The number of rotatable bonds is 10. The van der Waals surface area contributed by atoms with Crippen LogP contribution in [0.1, 0.15) is 78.7 Å². The van der Waals surface area contributed by atoms with Crippen LogP contribution < -0.4 is 0 Å². The van der Waals surface area contributed by atoms with E-state index in [2.05, 4.69) is 115 Å². The van der Waals surface area contributed by atoms with Gasteiger partial charge in [-0.05, 0) is 66.6 Å². The van der Waals surface area contributed by atoms with E-state index in [1.807, 2.05) is 40.0 Å². The van der Waals surface area contributed by atoms with Crippen LogP contribution in [0, 0.1) is 17.9 Å². The monoisotopic (exact) mass is 867 g/mol. The number of aliphatic hydroxyl groups excluding tert-OH is 1. The smallest absolute Gasteiger partial charge is 0.162 e. The molecular weight excluding hydrogens is 819 g/mol. The van der Waals surface area contributed by atoms with Crippen LogP contribution in [0.5, 0.6) is 0 Å². The number of para-hydroxylation sites is 1. The van der Waals surface area contributed by atoms with Gasteiger partial charge < -0.3 is 5.11 Å². The van der Waals surface area contributed by atoms with Crippen LogP contribution in [0.15, 0.2) is 115 Å². The van der Waals surface area contributed by atoms with Crippen molar-refractivity contribution in [2.75, 3.05) is 0 Å². The van der Waals surface area contributed by atoms with Gasteiger partial charge >= 0.3 is 0 Å². The maximum atomic E-state index is 11.7. The molecule has 0 aliphatic rings. The zero-order valence-electron chi connectivity index (χ0n) is 31.0. The maximum Gasteiger partial charge on any atom is 0.162 e. The summed E-state index contributed by atoms with van der Waals surface area (Å²) in [6.07, 6.45) is 6.88. The minimum atomic E-state index is 0. The number of ketones is 1. The van der Waals surface area contributed by atoms with Crippen LogP contribution in [0.25, 0.3) is 60.6 Å². The van der Waals surface area contributed by atoms with E-state index in [4.69, 9.17) is 9.97 Å². The molecule has 0 spiro atoms. The predicted octanol–water partition coefficient (Wildman–Crippen LogP) is 12.3. The van der Waals surface area contributed by atoms with Gasteiger partial charge in [0, 0.05) is 60.7 Å². The normalized spacial score (nSPS) is 11.8. The van der Waals surface area contributed by atoms with Gasteiger partial charge in [-0.3, -0.25) is 14.3 Å². The minimum Gasteiger partial charge on any atom is -0.512 e. The van der Waals surface area contributed by atoms with Crippen LogP contribution in [0.2, 0.25) is 0 Å². The first-order valence-electron chi connectivity index (χ1n) is 18.4. The van der Waals surface area contributed by atoms with Gasteiger partial charge in [-0.15, -0.1) is 29.1 Å². The molecule has 0 saturated heterocycles. The Bertz CT molecular complexity index is 2330. The van der Waals surface area contributed by atoms with Crippen molar-refractivity contribution in [3.8, 4) is 17.1 Å². The fourth-order valence-electron chi connectivity index (χ4n) is 7.08. The second-order valence-electron chi connectivity index (χ2n) is 13.7. The fraction of sp³-hybridized carbons (Fsp3) is 0.283. The number of carbonyl (C=O) groups excluding carboxylic acids is 1. The maximum absolute atomic E-state index is 11.7. The van der Waals surface area contributed by atoms with E-state index in [1.54, 1.807) is 0 Å². The molecule has 2 aromatic heterocycles. The van der Waals surface area contributed by atoms with Gasteiger partial charge in [0.25, 0.3) is 0 Å². The number of hydrogen-bond acceptors (Lipinski definition) is 4. The average molecular weight is 867 g/mol. The van der Waals surface area contributed by atoms with Crippen LogP contribution in [-0.4, -0.2) is 25.4 Å². The van der Waals surface area contributed by atoms with Gasteiger partial charge in [0.15, 0.2) is 5.78 Å². The fourth-order valence-corrected chi connectivity index (χ4v) is 7.08. The summed E-state index contributed by atoms with van der Waals surface area (Å²) in [4.78, 5) is 21.8. The molecule has 0 fully saturated rings. The molecule has 6 heteroatoms. The number of nitrogens with zero attached hydrogens (tertiary/aromatic N) is 3. The van der Waals surface area contributed by atoms with E-state index in [0.29, 0.717) is 11.7 Å². The summed E-state index contributed by atoms with van der Waals surface area (Å²) in [6.45, 7) is 12.5. The molecule has 7 aromatic rings. The number of hydrogen-bond donors (Lipinski definition) is 1. The van der Waals surface area contributed by atoms with Crippen molar-refractivity contribution in [1.29, 1.82) is 0 Å². The van der Waals surface area contributed by atoms with E-state index in [0.717, 1.165) is 64.3 Å². The van der Waals surface area contributed by atoms with Gasteiger partial charge in [0.2, 0.25) is 0 Å². The molecule has 52 heavy (non-hydrogen) atoms. The van der Waals surface area contributed by atoms with Crippen molar-refractivity contribution in [1.82, 2.24) is 14.5 Å². The summed E-state index contributed by atoms with van der Waals surface area (Å²) in [5.74, 6) is 1.63. The van der Waals surface area contributed by atoms with Crippen LogP contribution >= 0.6 is 0 Å². The van der Waals surface area contributed by atoms with Gasteiger partial charge in [0.05, 0.1) is 17.1 Å².